The molecule has 2 aliphatic rings. The summed E-state index contributed by atoms with van der Waals surface area (Å²) in [6.07, 6.45) is 0.414. The third kappa shape index (κ3) is 2.65. The van der Waals surface area contributed by atoms with Gasteiger partial charge in [0.15, 0.2) is 0 Å². The van der Waals surface area contributed by atoms with Crippen molar-refractivity contribution in [2.75, 3.05) is 13.1 Å². The second-order valence-electron chi connectivity index (χ2n) is 6.09. The summed E-state index contributed by atoms with van der Waals surface area (Å²) in [5, 5.41) is 19.4. The molecule has 0 aromatic heterocycles. The van der Waals surface area contributed by atoms with Crippen molar-refractivity contribution in [1.82, 2.24) is 4.90 Å². The zero-order valence-corrected chi connectivity index (χ0v) is 11.7. The van der Waals surface area contributed by atoms with Gasteiger partial charge in [0.05, 0.1) is 12.0 Å². The number of fused-ring (bicyclic) bond motifs is 2. The second kappa shape index (κ2) is 5.48. The maximum absolute atomic E-state index is 12.5. The van der Waals surface area contributed by atoms with E-state index in [1.807, 2.05) is 18.2 Å². The van der Waals surface area contributed by atoms with E-state index < -0.39 is 18.0 Å². The number of carbonyl (C=O) groups is 2. The average molecular weight is 289 g/mol. The Morgan fingerprint density at radius 3 is 2.14 bits per heavy atom. The van der Waals surface area contributed by atoms with Crippen LogP contribution < -0.4 is 0 Å². The molecule has 2 N–H and O–H groups in total. The standard InChI is InChI=1S/C16H19NO4/c18-14-12-6-11(16(20)21)7-13(14)9-17(8-12)15(19)10-4-2-1-3-5-10/h1-5,11-14,18H,6-9H2,(H,20,21). The molecule has 0 spiro atoms. The number of carboxylic acid groups (broad SMARTS) is 1. The van der Waals surface area contributed by atoms with Crippen LogP contribution in [0.3, 0.4) is 0 Å². The Bertz CT molecular complexity index is 528. The van der Waals surface area contributed by atoms with Gasteiger partial charge in [-0.15, -0.1) is 0 Å². The van der Waals surface area contributed by atoms with Crippen LogP contribution in [0.2, 0.25) is 0 Å². The maximum atomic E-state index is 12.5. The summed E-state index contributed by atoms with van der Waals surface area (Å²) < 4.78 is 0. The number of likely N-dealkylation sites (tertiary alicyclic amines) is 1. The Morgan fingerprint density at radius 1 is 1.05 bits per heavy atom. The summed E-state index contributed by atoms with van der Waals surface area (Å²) in [7, 11) is 0. The van der Waals surface area contributed by atoms with Gasteiger partial charge in [0.2, 0.25) is 0 Å². The number of carbonyl (C=O) groups excluding carboxylic acids is 1. The van der Waals surface area contributed by atoms with Crippen molar-refractivity contribution in [1.29, 1.82) is 0 Å². The van der Waals surface area contributed by atoms with Gasteiger partial charge >= 0.3 is 5.97 Å². The van der Waals surface area contributed by atoms with Crippen LogP contribution in [0.4, 0.5) is 0 Å². The molecule has 1 saturated carbocycles. The molecule has 1 amide bonds. The van der Waals surface area contributed by atoms with E-state index in [1.165, 1.54) is 0 Å². The van der Waals surface area contributed by atoms with Gasteiger partial charge in [-0.25, -0.2) is 0 Å². The lowest BCUT2D eigenvalue weighted by Gasteiger charge is -2.46. The van der Waals surface area contributed by atoms with Crippen LogP contribution in [0.25, 0.3) is 0 Å². The normalized spacial score (nSPS) is 31.8. The Labute approximate surface area is 123 Å². The number of rotatable bonds is 2. The number of amides is 1. The molecule has 2 bridgehead atoms. The summed E-state index contributed by atoms with van der Waals surface area (Å²) in [6, 6.07) is 9.08. The monoisotopic (exact) mass is 289 g/mol. The second-order valence-corrected chi connectivity index (χ2v) is 6.09. The van der Waals surface area contributed by atoms with Crippen LogP contribution in [-0.4, -0.2) is 46.2 Å². The van der Waals surface area contributed by atoms with E-state index in [4.69, 9.17) is 0 Å². The van der Waals surface area contributed by atoms with Crippen molar-refractivity contribution < 1.29 is 19.8 Å². The molecule has 1 aliphatic heterocycles. The predicted octanol–water partition coefficient (Wildman–Crippen LogP) is 1.23. The molecule has 21 heavy (non-hydrogen) atoms. The Kier molecular flexibility index (Phi) is 3.68. The molecule has 3 rings (SSSR count). The highest BCUT2D eigenvalue weighted by Crippen LogP contribution is 2.38. The number of benzene rings is 1. The van der Waals surface area contributed by atoms with Gasteiger partial charge in [0, 0.05) is 30.5 Å². The largest absolute Gasteiger partial charge is 0.481 e. The zero-order valence-electron chi connectivity index (χ0n) is 11.7. The van der Waals surface area contributed by atoms with E-state index in [0.717, 1.165) is 0 Å². The number of aliphatic hydroxyl groups excluding tert-OH is 1. The smallest absolute Gasteiger partial charge is 0.306 e. The SMILES string of the molecule is O=C(O)C1CC2CN(C(=O)c3ccccc3)CC(C1)C2O. The summed E-state index contributed by atoms with van der Waals surface area (Å²) in [4.78, 5) is 25.4. The fourth-order valence-corrected chi connectivity index (χ4v) is 3.63. The average Bonchev–Trinajstić information content (AvgIpc) is 2.47. The van der Waals surface area contributed by atoms with Gasteiger partial charge in [-0.2, -0.15) is 0 Å². The fraction of sp³-hybridized carbons (Fsp3) is 0.500. The van der Waals surface area contributed by atoms with Crippen LogP contribution in [-0.2, 0) is 4.79 Å². The molecule has 2 atom stereocenters. The van der Waals surface area contributed by atoms with Crippen molar-refractivity contribution >= 4 is 11.9 Å². The molecule has 1 aromatic carbocycles. The molecule has 2 unspecified atom stereocenters. The first kappa shape index (κ1) is 14.1. The van der Waals surface area contributed by atoms with Gasteiger partial charge in [-0.05, 0) is 25.0 Å². The molecule has 1 saturated heterocycles. The van der Waals surface area contributed by atoms with Crippen molar-refractivity contribution in [2.45, 2.75) is 18.9 Å². The number of hydrogen-bond acceptors (Lipinski definition) is 3. The van der Waals surface area contributed by atoms with Gasteiger partial charge in [0.25, 0.3) is 5.91 Å². The lowest BCUT2D eigenvalue weighted by molar-refractivity contribution is -0.148. The summed E-state index contributed by atoms with van der Waals surface area (Å²) >= 11 is 0. The van der Waals surface area contributed by atoms with Crippen molar-refractivity contribution in [3.05, 3.63) is 35.9 Å². The lowest BCUT2D eigenvalue weighted by Crippen LogP contribution is -2.55. The highest BCUT2D eigenvalue weighted by molar-refractivity contribution is 5.94. The minimum atomic E-state index is -0.792. The topological polar surface area (TPSA) is 77.8 Å². The van der Waals surface area contributed by atoms with Gasteiger partial charge in [-0.1, -0.05) is 18.2 Å². The molecule has 5 heteroatoms. The van der Waals surface area contributed by atoms with Gasteiger partial charge < -0.3 is 15.1 Å². The number of hydrogen-bond donors (Lipinski definition) is 2. The number of nitrogens with zero attached hydrogens (tertiary/aromatic N) is 1. The molecule has 0 radical (unpaired) electrons. The highest BCUT2D eigenvalue weighted by atomic mass is 16.4. The van der Waals surface area contributed by atoms with E-state index in [-0.39, 0.29) is 17.7 Å². The fourth-order valence-electron chi connectivity index (χ4n) is 3.63. The summed E-state index contributed by atoms with van der Waals surface area (Å²) in [5.74, 6) is -1.49. The first-order valence-electron chi connectivity index (χ1n) is 7.31. The number of carboxylic acids is 1. The quantitative estimate of drug-likeness (QED) is 0.858. The molecule has 1 aromatic rings. The van der Waals surface area contributed by atoms with Crippen LogP contribution >= 0.6 is 0 Å². The van der Waals surface area contributed by atoms with E-state index >= 15 is 0 Å². The number of aliphatic hydroxyl groups is 1. The van der Waals surface area contributed by atoms with E-state index in [1.54, 1.807) is 17.0 Å². The molecule has 2 fully saturated rings. The van der Waals surface area contributed by atoms with E-state index in [0.29, 0.717) is 31.5 Å². The first-order valence-corrected chi connectivity index (χ1v) is 7.31. The summed E-state index contributed by atoms with van der Waals surface area (Å²) in [6.45, 7) is 0.879. The molecule has 112 valence electrons. The molecule has 1 heterocycles. The molecular formula is C16H19NO4. The minimum Gasteiger partial charge on any atom is -0.481 e. The minimum absolute atomic E-state index is 0.0359. The first-order chi connectivity index (χ1) is 10.1. The molecular weight excluding hydrogens is 270 g/mol. The van der Waals surface area contributed by atoms with Crippen LogP contribution in [0, 0.1) is 17.8 Å². The molecule has 5 nitrogen and oxygen atoms in total. The van der Waals surface area contributed by atoms with Gasteiger partial charge in [-0.3, -0.25) is 9.59 Å². The summed E-state index contributed by atoms with van der Waals surface area (Å²) in [5.41, 5.74) is 0.641. The van der Waals surface area contributed by atoms with Crippen molar-refractivity contribution in [2.24, 2.45) is 17.8 Å². The van der Waals surface area contributed by atoms with Gasteiger partial charge in [0.1, 0.15) is 0 Å². The Hall–Kier alpha value is -1.88. The van der Waals surface area contributed by atoms with Crippen molar-refractivity contribution in [3.63, 3.8) is 0 Å². The van der Waals surface area contributed by atoms with E-state index in [9.17, 15) is 19.8 Å². The highest BCUT2D eigenvalue weighted by Gasteiger charge is 2.45. The molecule has 1 aliphatic carbocycles. The third-order valence-corrected chi connectivity index (χ3v) is 4.71. The number of piperidine rings is 1. The van der Waals surface area contributed by atoms with Crippen molar-refractivity contribution in [3.8, 4) is 0 Å². The maximum Gasteiger partial charge on any atom is 0.306 e. The zero-order chi connectivity index (χ0) is 15.0. The predicted molar refractivity (Wildman–Crippen MR) is 75.7 cm³/mol. The number of aliphatic carboxylic acids is 1. The Morgan fingerprint density at radius 2 is 1.62 bits per heavy atom. The van der Waals surface area contributed by atoms with Crippen LogP contribution in [0.5, 0.6) is 0 Å². The lowest BCUT2D eigenvalue weighted by atomic mass is 9.70. The van der Waals surface area contributed by atoms with Crippen LogP contribution in [0.15, 0.2) is 30.3 Å². The van der Waals surface area contributed by atoms with E-state index in [2.05, 4.69) is 0 Å². The third-order valence-electron chi connectivity index (χ3n) is 4.71. The Balaban J connectivity index is 1.75. The van der Waals surface area contributed by atoms with Crippen LogP contribution in [0.1, 0.15) is 23.2 Å².